The van der Waals surface area contributed by atoms with E-state index >= 15 is 0 Å². The van der Waals surface area contributed by atoms with Crippen LogP contribution in [0.15, 0.2) is 41.3 Å². The van der Waals surface area contributed by atoms with Gasteiger partial charge in [-0.25, -0.2) is 0 Å². The summed E-state index contributed by atoms with van der Waals surface area (Å²) in [5, 5.41) is 7.13. The molecule has 8 heteroatoms. The molecule has 0 saturated carbocycles. The first-order valence-corrected chi connectivity index (χ1v) is 14.7. The molecule has 0 aromatic heterocycles. The summed E-state index contributed by atoms with van der Waals surface area (Å²) in [6.45, 7) is 6.02. The molecule has 1 heterocycles. The van der Waals surface area contributed by atoms with Gasteiger partial charge in [0, 0.05) is 55.8 Å². The van der Waals surface area contributed by atoms with Crippen LogP contribution in [0.2, 0.25) is 5.02 Å². The number of anilines is 3. The van der Waals surface area contributed by atoms with Crippen LogP contribution in [-0.4, -0.2) is 51.1 Å². The van der Waals surface area contributed by atoms with Crippen molar-refractivity contribution in [3.63, 3.8) is 0 Å². The van der Waals surface area contributed by atoms with Gasteiger partial charge in [0.05, 0.1) is 16.3 Å². The summed E-state index contributed by atoms with van der Waals surface area (Å²) in [5.74, 6) is 0.943. The van der Waals surface area contributed by atoms with Crippen molar-refractivity contribution < 1.29 is 4.79 Å². The lowest BCUT2D eigenvalue weighted by Crippen LogP contribution is -2.43. The number of carbonyl (C=O) groups is 1. The second-order valence-electron chi connectivity index (χ2n) is 8.48. The molecule has 2 N–H and O–H groups in total. The topological polar surface area (TPSA) is 47.6 Å². The van der Waals surface area contributed by atoms with E-state index in [0.29, 0.717) is 16.3 Å². The standard InChI is InChI=1S/C26H37ClN4OS2/c1-4-5-6-7-8-17-34-25-12-9-20(18-23(25)27)29-26(32)22-19-21(31-15-13-28-14-16-31)10-11-24(22)30(2)33-3/h9-12,18-19,28H,4-8,13-17H2,1-3H3,(H,29,32). The maximum Gasteiger partial charge on any atom is 0.257 e. The van der Waals surface area contributed by atoms with Gasteiger partial charge >= 0.3 is 0 Å². The number of amides is 1. The van der Waals surface area contributed by atoms with Crippen molar-refractivity contribution in [2.45, 2.75) is 43.9 Å². The second kappa shape index (κ2) is 14.1. The van der Waals surface area contributed by atoms with E-state index in [9.17, 15) is 4.79 Å². The van der Waals surface area contributed by atoms with Gasteiger partial charge < -0.3 is 19.8 Å². The van der Waals surface area contributed by atoms with Gasteiger partial charge in [0.15, 0.2) is 0 Å². The molecular weight excluding hydrogens is 484 g/mol. The normalized spacial score (nSPS) is 13.7. The number of unbranched alkanes of at least 4 members (excludes halogenated alkanes) is 4. The molecule has 1 amide bonds. The van der Waals surface area contributed by atoms with Crippen LogP contribution in [0.1, 0.15) is 49.4 Å². The summed E-state index contributed by atoms with van der Waals surface area (Å²) in [6, 6.07) is 12.0. The van der Waals surface area contributed by atoms with Crippen LogP contribution in [0.25, 0.3) is 0 Å². The number of benzene rings is 2. The van der Waals surface area contributed by atoms with Gasteiger partial charge in [-0.3, -0.25) is 4.79 Å². The quantitative estimate of drug-likeness (QED) is 0.183. The number of hydrogen-bond donors (Lipinski definition) is 2. The average Bonchev–Trinajstić information content (AvgIpc) is 2.87. The molecular formula is C26H37ClN4OS2. The molecule has 0 spiro atoms. The van der Waals surface area contributed by atoms with Crippen molar-refractivity contribution in [3.05, 3.63) is 47.0 Å². The number of carbonyl (C=O) groups excluding carboxylic acids is 1. The Morgan fingerprint density at radius 3 is 2.59 bits per heavy atom. The zero-order valence-corrected chi connectivity index (χ0v) is 22.9. The van der Waals surface area contributed by atoms with Crippen molar-refractivity contribution in [3.8, 4) is 0 Å². The lowest BCUT2D eigenvalue weighted by Gasteiger charge is -2.30. The van der Waals surface area contributed by atoms with Crippen LogP contribution in [-0.2, 0) is 0 Å². The predicted octanol–water partition coefficient (Wildman–Crippen LogP) is 6.78. The molecule has 0 radical (unpaired) electrons. The second-order valence-corrected chi connectivity index (χ2v) is 10.9. The van der Waals surface area contributed by atoms with Crippen LogP contribution in [0, 0.1) is 0 Å². The molecule has 0 atom stereocenters. The Hall–Kier alpha value is -1.54. The third-order valence-electron chi connectivity index (χ3n) is 6.02. The maximum absolute atomic E-state index is 13.4. The molecule has 34 heavy (non-hydrogen) atoms. The third kappa shape index (κ3) is 7.74. The zero-order valence-electron chi connectivity index (χ0n) is 20.5. The van der Waals surface area contributed by atoms with Crippen molar-refractivity contribution in [2.24, 2.45) is 0 Å². The summed E-state index contributed by atoms with van der Waals surface area (Å²) >= 11 is 9.93. The van der Waals surface area contributed by atoms with Crippen molar-refractivity contribution in [1.82, 2.24) is 5.32 Å². The van der Waals surface area contributed by atoms with Crippen LogP contribution in [0.4, 0.5) is 17.1 Å². The number of nitrogens with zero attached hydrogens (tertiary/aromatic N) is 2. The molecule has 1 aliphatic rings. The van der Waals surface area contributed by atoms with E-state index in [1.165, 1.54) is 32.1 Å². The summed E-state index contributed by atoms with van der Waals surface area (Å²) < 4.78 is 2.02. The first-order valence-electron chi connectivity index (χ1n) is 12.1. The Morgan fingerprint density at radius 2 is 1.88 bits per heavy atom. The highest BCUT2D eigenvalue weighted by atomic mass is 35.5. The molecule has 1 saturated heterocycles. The molecule has 2 aromatic rings. The summed E-state index contributed by atoms with van der Waals surface area (Å²) in [6.07, 6.45) is 8.36. The average molecular weight is 521 g/mol. The van der Waals surface area contributed by atoms with Crippen LogP contribution in [0.3, 0.4) is 0 Å². The Kier molecular flexibility index (Phi) is 11.2. The SMILES string of the molecule is CCCCCCCSc1ccc(NC(=O)c2cc(N3CCNCC3)ccc2N(C)SC)cc1Cl. The minimum absolute atomic E-state index is 0.125. The molecule has 3 rings (SSSR count). The van der Waals surface area contributed by atoms with Crippen LogP contribution >= 0.6 is 35.3 Å². The Labute approximate surface area is 218 Å². The minimum atomic E-state index is -0.125. The van der Waals surface area contributed by atoms with Crippen LogP contribution in [0.5, 0.6) is 0 Å². The van der Waals surface area contributed by atoms with E-state index in [4.69, 9.17) is 11.6 Å². The molecule has 186 valence electrons. The molecule has 0 bridgehead atoms. The lowest BCUT2D eigenvalue weighted by atomic mass is 10.1. The molecule has 1 aliphatic heterocycles. The van der Waals surface area contributed by atoms with Crippen LogP contribution < -0.4 is 19.8 Å². The number of halogens is 1. The number of nitrogens with one attached hydrogen (secondary N) is 2. The summed E-state index contributed by atoms with van der Waals surface area (Å²) in [7, 11) is 1.98. The van der Waals surface area contributed by atoms with Gasteiger partial charge in [-0.1, -0.05) is 56.2 Å². The summed E-state index contributed by atoms with van der Waals surface area (Å²) in [4.78, 5) is 16.7. The maximum atomic E-state index is 13.4. The molecule has 0 aliphatic carbocycles. The highest BCUT2D eigenvalue weighted by Gasteiger charge is 2.19. The first-order chi connectivity index (χ1) is 16.5. The van der Waals surface area contributed by atoms with Gasteiger partial charge in [-0.05, 0) is 48.6 Å². The smallest absolute Gasteiger partial charge is 0.257 e. The minimum Gasteiger partial charge on any atom is -0.369 e. The van der Waals surface area contributed by atoms with E-state index < -0.39 is 0 Å². The Bertz CT molecular complexity index is 937. The lowest BCUT2D eigenvalue weighted by molar-refractivity contribution is 0.102. The fraction of sp³-hybridized carbons (Fsp3) is 0.500. The van der Waals surface area contributed by atoms with Crippen molar-refractivity contribution in [1.29, 1.82) is 0 Å². The number of thioether (sulfide) groups is 1. The highest BCUT2D eigenvalue weighted by molar-refractivity contribution is 8.00. The molecule has 0 unspecified atom stereocenters. The van der Waals surface area contributed by atoms with Gasteiger partial charge in [0.1, 0.15) is 0 Å². The number of rotatable bonds is 12. The number of hydrogen-bond acceptors (Lipinski definition) is 6. The fourth-order valence-electron chi connectivity index (χ4n) is 3.98. The Morgan fingerprint density at radius 1 is 1.12 bits per heavy atom. The molecule has 5 nitrogen and oxygen atoms in total. The largest absolute Gasteiger partial charge is 0.369 e. The Balaban J connectivity index is 1.69. The van der Waals surface area contributed by atoms with E-state index in [1.54, 1.807) is 23.7 Å². The van der Waals surface area contributed by atoms with Gasteiger partial charge in [0.2, 0.25) is 0 Å². The van der Waals surface area contributed by atoms with E-state index in [2.05, 4.69) is 28.5 Å². The van der Waals surface area contributed by atoms with Crippen molar-refractivity contribution >= 4 is 58.3 Å². The van der Waals surface area contributed by atoms with E-state index in [0.717, 1.165) is 48.2 Å². The summed E-state index contributed by atoms with van der Waals surface area (Å²) in [5.41, 5.74) is 3.35. The molecule has 1 fully saturated rings. The third-order valence-corrected chi connectivity index (χ3v) is 8.34. The number of piperazine rings is 1. The van der Waals surface area contributed by atoms with Gasteiger partial charge in [-0.15, -0.1) is 11.8 Å². The predicted molar refractivity (Wildman–Crippen MR) is 152 cm³/mol. The van der Waals surface area contributed by atoms with Gasteiger partial charge in [0.25, 0.3) is 5.91 Å². The highest BCUT2D eigenvalue weighted by Crippen LogP contribution is 2.32. The first kappa shape index (κ1) is 27.1. The van der Waals surface area contributed by atoms with Crippen molar-refractivity contribution in [2.75, 3.05) is 59.8 Å². The van der Waals surface area contributed by atoms with E-state index in [-0.39, 0.29) is 5.91 Å². The fourth-order valence-corrected chi connectivity index (χ4v) is 5.61. The van der Waals surface area contributed by atoms with Gasteiger partial charge in [-0.2, -0.15) is 0 Å². The van der Waals surface area contributed by atoms with E-state index in [1.807, 2.05) is 47.9 Å². The molecule has 2 aromatic carbocycles. The zero-order chi connectivity index (χ0) is 24.3. The monoisotopic (exact) mass is 520 g/mol.